The van der Waals surface area contributed by atoms with Gasteiger partial charge in [-0.05, 0) is 23.8 Å². The topological polar surface area (TPSA) is 133 Å². The van der Waals surface area contributed by atoms with E-state index in [9.17, 15) is 19.5 Å². The molecule has 2 aromatic carbocycles. The number of pyridine rings is 1. The van der Waals surface area contributed by atoms with Gasteiger partial charge in [0.05, 0.1) is 47.0 Å². The summed E-state index contributed by atoms with van der Waals surface area (Å²) in [5.74, 6) is -1.74. The van der Waals surface area contributed by atoms with Crippen LogP contribution < -0.4 is 19.8 Å². The molecule has 0 aliphatic heterocycles. The van der Waals surface area contributed by atoms with Gasteiger partial charge in [0.1, 0.15) is 17.1 Å². The fourth-order valence-corrected chi connectivity index (χ4v) is 3.93. The zero-order valence-corrected chi connectivity index (χ0v) is 21.0. The van der Waals surface area contributed by atoms with Crippen LogP contribution >= 0.6 is 0 Å². The third kappa shape index (κ3) is 6.21. The Morgan fingerprint density at radius 3 is 2.32 bits per heavy atom. The maximum absolute atomic E-state index is 12.9. The lowest BCUT2D eigenvalue weighted by atomic mass is 9.87. The number of rotatable bonds is 11. The van der Waals surface area contributed by atoms with Gasteiger partial charge < -0.3 is 33.8 Å². The van der Waals surface area contributed by atoms with E-state index < -0.39 is 29.2 Å². The van der Waals surface area contributed by atoms with Gasteiger partial charge in [-0.2, -0.15) is 0 Å². The van der Waals surface area contributed by atoms with Crippen LogP contribution in [0.2, 0.25) is 0 Å². The summed E-state index contributed by atoms with van der Waals surface area (Å²) >= 11 is 0. The minimum atomic E-state index is -1.04. The summed E-state index contributed by atoms with van der Waals surface area (Å²) in [6.45, 7) is 0.245. The van der Waals surface area contributed by atoms with Gasteiger partial charge in [0, 0.05) is 24.1 Å². The first-order valence-corrected chi connectivity index (χ1v) is 11.4. The first kappa shape index (κ1) is 27.1. The molecule has 10 nitrogen and oxygen atoms in total. The first-order chi connectivity index (χ1) is 17.8. The van der Waals surface area contributed by atoms with E-state index in [0.717, 1.165) is 24.6 Å². The highest BCUT2D eigenvalue weighted by Crippen LogP contribution is 2.42. The molecule has 3 rings (SSSR count). The van der Waals surface area contributed by atoms with E-state index in [1.54, 1.807) is 25.3 Å². The summed E-state index contributed by atoms with van der Waals surface area (Å²) in [5, 5.41) is 10.9. The summed E-state index contributed by atoms with van der Waals surface area (Å²) in [6, 6.07) is 12.5. The Morgan fingerprint density at radius 2 is 1.70 bits per heavy atom. The molecule has 0 amide bonds. The number of H-pyrrole nitrogens is 1. The van der Waals surface area contributed by atoms with Gasteiger partial charge in [-0.3, -0.25) is 9.59 Å². The molecule has 1 heterocycles. The summed E-state index contributed by atoms with van der Waals surface area (Å²) in [6.07, 6.45) is 1.28. The summed E-state index contributed by atoms with van der Waals surface area (Å²) < 4.78 is 26.4. The molecule has 0 aliphatic rings. The van der Waals surface area contributed by atoms with Crippen molar-refractivity contribution in [3.05, 3.63) is 81.3 Å². The Bertz CT molecular complexity index is 1300. The van der Waals surface area contributed by atoms with Crippen LogP contribution in [0.25, 0.3) is 0 Å². The number of hydrogen-bond donors (Lipinski definition) is 2. The highest BCUT2D eigenvalue weighted by molar-refractivity contribution is 5.92. The SMILES string of the molecule is COC(=O)CC(c1cccc(OC)c1OCCc1ccc(OC)cc1)c1c(O)c(C(=O)OC)c[nH]c1=O. The van der Waals surface area contributed by atoms with Crippen LogP contribution in [0.15, 0.2) is 53.5 Å². The normalized spacial score (nSPS) is 11.4. The van der Waals surface area contributed by atoms with E-state index in [1.807, 2.05) is 24.3 Å². The smallest absolute Gasteiger partial charge is 0.343 e. The number of aromatic amines is 1. The monoisotopic (exact) mass is 511 g/mol. The molecule has 37 heavy (non-hydrogen) atoms. The molecule has 2 N–H and O–H groups in total. The van der Waals surface area contributed by atoms with E-state index in [1.165, 1.54) is 14.2 Å². The van der Waals surface area contributed by atoms with Crippen LogP contribution in [0.4, 0.5) is 0 Å². The maximum Gasteiger partial charge on any atom is 0.343 e. The predicted octanol–water partition coefficient (Wildman–Crippen LogP) is 3.20. The molecular formula is C27H29NO9. The van der Waals surface area contributed by atoms with Crippen molar-refractivity contribution in [3.63, 3.8) is 0 Å². The van der Waals surface area contributed by atoms with Crippen molar-refractivity contribution in [2.45, 2.75) is 18.8 Å². The van der Waals surface area contributed by atoms with Crippen molar-refractivity contribution < 1.29 is 38.4 Å². The second kappa shape index (κ2) is 12.5. The molecule has 0 spiro atoms. The molecule has 0 radical (unpaired) electrons. The average Bonchev–Trinajstić information content (AvgIpc) is 2.92. The number of methoxy groups -OCH3 is 4. The molecule has 1 aromatic heterocycles. The third-order valence-electron chi connectivity index (χ3n) is 5.86. The van der Waals surface area contributed by atoms with E-state index in [2.05, 4.69) is 4.98 Å². The number of hydrogen-bond acceptors (Lipinski definition) is 9. The standard InChI is InChI=1S/C27H29NO9/c1-33-17-10-8-16(9-11-17)12-13-37-25-18(6-5-7-21(25)34-2)19(14-22(29)35-3)23-24(30)20(27(32)36-4)15-28-26(23)31/h5-11,15,19H,12-14H2,1-4H3,(H2,28,30,31). The van der Waals surface area contributed by atoms with Crippen molar-refractivity contribution in [2.24, 2.45) is 0 Å². The van der Waals surface area contributed by atoms with Gasteiger partial charge in [-0.15, -0.1) is 0 Å². The van der Waals surface area contributed by atoms with Crippen LogP contribution in [0, 0.1) is 0 Å². The highest BCUT2D eigenvalue weighted by atomic mass is 16.5. The minimum absolute atomic E-state index is 0.207. The minimum Gasteiger partial charge on any atom is -0.506 e. The average molecular weight is 512 g/mol. The molecule has 0 saturated carbocycles. The van der Waals surface area contributed by atoms with Crippen molar-refractivity contribution in [1.29, 1.82) is 0 Å². The molecule has 0 saturated heterocycles. The molecule has 3 aromatic rings. The number of ether oxygens (including phenoxy) is 5. The lowest BCUT2D eigenvalue weighted by molar-refractivity contribution is -0.140. The lowest BCUT2D eigenvalue weighted by Gasteiger charge is -2.22. The molecule has 10 heteroatoms. The quantitative estimate of drug-likeness (QED) is 0.372. The van der Waals surface area contributed by atoms with Crippen LogP contribution in [0.3, 0.4) is 0 Å². The Labute approximate surface area is 213 Å². The van der Waals surface area contributed by atoms with Crippen LogP contribution in [-0.4, -0.2) is 57.1 Å². The van der Waals surface area contributed by atoms with Gasteiger partial charge in [-0.1, -0.05) is 24.3 Å². The lowest BCUT2D eigenvalue weighted by Crippen LogP contribution is -2.22. The molecule has 1 atom stereocenters. The molecule has 1 unspecified atom stereocenters. The van der Waals surface area contributed by atoms with Gasteiger partial charge >= 0.3 is 11.9 Å². The first-order valence-electron chi connectivity index (χ1n) is 11.4. The summed E-state index contributed by atoms with van der Waals surface area (Å²) in [7, 11) is 5.42. The van der Waals surface area contributed by atoms with Gasteiger partial charge in [0.25, 0.3) is 5.56 Å². The van der Waals surface area contributed by atoms with Gasteiger partial charge in [0.2, 0.25) is 0 Å². The number of nitrogens with one attached hydrogen (secondary N) is 1. The van der Waals surface area contributed by atoms with Gasteiger partial charge in [0.15, 0.2) is 11.5 Å². The van der Waals surface area contributed by atoms with Gasteiger partial charge in [-0.25, -0.2) is 4.79 Å². The highest BCUT2D eigenvalue weighted by Gasteiger charge is 2.31. The van der Waals surface area contributed by atoms with Crippen molar-refractivity contribution >= 4 is 11.9 Å². The Hall–Kier alpha value is -4.47. The number of aromatic hydroxyl groups is 1. The fraction of sp³-hybridized carbons (Fsp3) is 0.296. The Balaban J connectivity index is 2.06. The molecule has 0 aliphatic carbocycles. The summed E-state index contributed by atoms with van der Waals surface area (Å²) in [4.78, 5) is 39.9. The predicted molar refractivity (Wildman–Crippen MR) is 134 cm³/mol. The largest absolute Gasteiger partial charge is 0.506 e. The number of carbonyl (C=O) groups excluding carboxylic acids is 2. The summed E-state index contributed by atoms with van der Waals surface area (Å²) in [5.41, 5.74) is 0.245. The molecular weight excluding hydrogens is 482 g/mol. The maximum atomic E-state index is 12.9. The number of carbonyl (C=O) groups is 2. The molecule has 196 valence electrons. The number of esters is 2. The Morgan fingerprint density at radius 1 is 0.973 bits per heavy atom. The molecule has 0 fully saturated rings. The van der Waals surface area contributed by atoms with E-state index in [0.29, 0.717) is 17.7 Å². The van der Waals surface area contributed by atoms with Crippen molar-refractivity contribution in [1.82, 2.24) is 4.98 Å². The van der Waals surface area contributed by atoms with Crippen LogP contribution in [0.1, 0.15) is 39.4 Å². The second-order valence-electron chi connectivity index (χ2n) is 7.94. The van der Waals surface area contributed by atoms with E-state index in [-0.39, 0.29) is 29.9 Å². The second-order valence-corrected chi connectivity index (χ2v) is 7.94. The van der Waals surface area contributed by atoms with E-state index in [4.69, 9.17) is 23.7 Å². The molecule has 0 bridgehead atoms. The van der Waals surface area contributed by atoms with Crippen LogP contribution in [0.5, 0.6) is 23.0 Å². The zero-order chi connectivity index (χ0) is 26.9. The number of benzene rings is 2. The van der Waals surface area contributed by atoms with Crippen LogP contribution in [-0.2, 0) is 20.7 Å². The number of para-hydroxylation sites is 1. The fourth-order valence-electron chi connectivity index (χ4n) is 3.93. The zero-order valence-electron chi connectivity index (χ0n) is 21.0. The van der Waals surface area contributed by atoms with Crippen molar-refractivity contribution in [2.75, 3.05) is 35.0 Å². The Kier molecular flexibility index (Phi) is 9.15. The number of aromatic nitrogens is 1. The third-order valence-corrected chi connectivity index (χ3v) is 5.86. The van der Waals surface area contributed by atoms with Crippen molar-refractivity contribution in [3.8, 4) is 23.0 Å². The van der Waals surface area contributed by atoms with E-state index >= 15 is 0 Å².